The molecule has 200 valence electrons. The Bertz CT molecular complexity index is 1500. The van der Waals surface area contributed by atoms with Gasteiger partial charge in [-0.3, -0.25) is 4.79 Å². The van der Waals surface area contributed by atoms with Crippen molar-refractivity contribution in [1.29, 1.82) is 0 Å². The number of carbonyl (C=O) groups excluding carboxylic acids is 1. The maximum Gasteiger partial charge on any atom is 0.339 e. The lowest BCUT2D eigenvalue weighted by Crippen LogP contribution is -2.47. The number of nitrogens with one attached hydrogen (secondary N) is 2. The number of aromatic nitrogens is 1. The van der Waals surface area contributed by atoms with Gasteiger partial charge in [0.05, 0.1) is 0 Å². The van der Waals surface area contributed by atoms with Crippen LogP contribution in [0.3, 0.4) is 0 Å². The zero-order chi connectivity index (χ0) is 27.2. The lowest BCUT2D eigenvalue weighted by atomic mass is 10.0. The zero-order valence-corrected chi connectivity index (χ0v) is 22.0. The first-order valence-corrected chi connectivity index (χ1v) is 13.1. The van der Waals surface area contributed by atoms with Crippen LogP contribution in [0.4, 0.5) is 0 Å². The number of carboxylic acid groups (broad SMARTS) is 1. The van der Waals surface area contributed by atoms with E-state index in [1.165, 1.54) is 0 Å². The van der Waals surface area contributed by atoms with Gasteiger partial charge in [0.15, 0.2) is 6.10 Å². The number of carbonyl (C=O) groups is 2. The molecule has 0 aliphatic heterocycles. The van der Waals surface area contributed by atoms with Gasteiger partial charge in [-0.05, 0) is 56.0 Å². The number of H-pyrrole nitrogens is 1. The van der Waals surface area contributed by atoms with Gasteiger partial charge in [-0.1, -0.05) is 44.4 Å². The smallest absolute Gasteiger partial charge is 0.339 e. The van der Waals surface area contributed by atoms with E-state index in [2.05, 4.69) is 17.2 Å². The molecule has 0 aliphatic carbocycles. The molecule has 2 heterocycles. The number of aliphatic carboxylic acids is 1. The summed E-state index contributed by atoms with van der Waals surface area (Å²) >= 11 is 0. The maximum absolute atomic E-state index is 12.8. The molecule has 1 amide bonds. The number of fused-ring (bicyclic) bond motifs is 2. The normalized spacial score (nSPS) is 12.9. The first kappa shape index (κ1) is 27.0. The van der Waals surface area contributed by atoms with Crippen LogP contribution in [0.1, 0.15) is 56.2 Å². The van der Waals surface area contributed by atoms with Crippen molar-refractivity contribution in [2.24, 2.45) is 0 Å². The molecule has 2 aromatic heterocycles. The minimum absolute atomic E-state index is 0.124. The number of carboxylic acids is 1. The van der Waals surface area contributed by atoms with E-state index >= 15 is 0 Å². The Morgan fingerprint density at radius 1 is 1.11 bits per heavy atom. The van der Waals surface area contributed by atoms with Gasteiger partial charge in [-0.25, -0.2) is 9.59 Å². The Morgan fingerprint density at radius 2 is 1.89 bits per heavy atom. The van der Waals surface area contributed by atoms with Crippen molar-refractivity contribution < 1.29 is 23.8 Å². The maximum atomic E-state index is 12.8. The predicted molar refractivity (Wildman–Crippen MR) is 147 cm³/mol. The van der Waals surface area contributed by atoms with Crippen LogP contribution < -0.4 is 15.7 Å². The number of unbranched alkanes of at least 4 members (excludes halogenated alkanes) is 3. The first-order chi connectivity index (χ1) is 18.3. The van der Waals surface area contributed by atoms with Gasteiger partial charge < -0.3 is 24.6 Å². The van der Waals surface area contributed by atoms with Gasteiger partial charge in [-0.2, -0.15) is 0 Å². The first-order valence-electron chi connectivity index (χ1n) is 13.1. The highest BCUT2D eigenvalue weighted by molar-refractivity contribution is 5.88. The highest BCUT2D eigenvalue weighted by Gasteiger charge is 2.25. The Balaban J connectivity index is 1.44. The minimum Gasteiger partial charge on any atom is -0.481 e. The molecule has 8 heteroatoms. The van der Waals surface area contributed by atoms with Crippen LogP contribution in [-0.4, -0.2) is 34.1 Å². The van der Waals surface area contributed by atoms with E-state index in [0.29, 0.717) is 23.3 Å². The molecule has 2 unspecified atom stereocenters. The number of ether oxygens (including phenoxy) is 1. The third kappa shape index (κ3) is 6.07. The van der Waals surface area contributed by atoms with Crippen LogP contribution in [0.15, 0.2) is 57.9 Å². The van der Waals surface area contributed by atoms with E-state index < -0.39 is 24.0 Å². The van der Waals surface area contributed by atoms with Gasteiger partial charge in [0.1, 0.15) is 17.4 Å². The molecule has 0 saturated carbocycles. The molecule has 0 radical (unpaired) electrons. The summed E-state index contributed by atoms with van der Waals surface area (Å²) in [5, 5.41) is 14.0. The molecule has 3 N–H and O–H groups in total. The molecular formula is C30H34N2O6. The number of aryl methyl sites for hydroxylation is 1. The summed E-state index contributed by atoms with van der Waals surface area (Å²) in [6, 6.07) is 11.6. The van der Waals surface area contributed by atoms with E-state index in [1.807, 2.05) is 37.3 Å². The van der Waals surface area contributed by atoms with Gasteiger partial charge >= 0.3 is 11.6 Å². The summed E-state index contributed by atoms with van der Waals surface area (Å²) in [6.45, 7) is 5.62. The molecule has 4 aromatic rings. The van der Waals surface area contributed by atoms with E-state index in [9.17, 15) is 19.5 Å². The standard InChI is InChI=1S/C30H34N2O6/c1-4-5-6-7-10-23-18(2)22-14-13-21(16-27(22)38-30(23)36)37-19(3)28(33)32-26(29(34)35)15-20-17-31-25-12-9-8-11-24(20)25/h8-9,11-14,16-17,19,26,31H,4-7,10,15H2,1-3H3,(H,32,33)(H,34,35). The van der Waals surface area contributed by atoms with Crippen molar-refractivity contribution in [1.82, 2.24) is 10.3 Å². The molecule has 38 heavy (non-hydrogen) atoms. The number of benzene rings is 2. The van der Waals surface area contributed by atoms with E-state index in [4.69, 9.17) is 9.15 Å². The van der Waals surface area contributed by atoms with E-state index in [0.717, 1.165) is 53.1 Å². The minimum atomic E-state index is -1.13. The lowest BCUT2D eigenvalue weighted by Gasteiger charge is -2.19. The van der Waals surface area contributed by atoms with Crippen LogP contribution in [0.25, 0.3) is 21.9 Å². The number of para-hydroxylation sites is 1. The van der Waals surface area contributed by atoms with Crippen molar-refractivity contribution in [2.75, 3.05) is 0 Å². The lowest BCUT2D eigenvalue weighted by molar-refractivity contribution is -0.142. The van der Waals surface area contributed by atoms with Gasteiger partial charge in [0.2, 0.25) is 0 Å². The third-order valence-electron chi connectivity index (χ3n) is 6.93. The zero-order valence-electron chi connectivity index (χ0n) is 22.0. The average Bonchev–Trinajstić information content (AvgIpc) is 3.30. The summed E-state index contributed by atoms with van der Waals surface area (Å²) in [7, 11) is 0. The molecule has 8 nitrogen and oxygen atoms in total. The number of aromatic amines is 1. The molecule has 0 fully saturated rings. The molecule has 0 aliphatic rings. The molecular weight excluding hydrogens is 484 g/mol. The summed E-state index contributed by atoms with van der Waals surface area (Å²) in [5.74, 6) is -1.34. The fraction of sp³-hybridized carbons (Fsp3) is 0.367. The molecule has 2 aromatic carbocycles. The number of hydrogen-bond donors (Lipinski definition) is 3. The van der Waals surface area contributed by atoms with Crippen LogP contribution >= 0.6 is 0 Å². The monoisotopic (exact) mass is 518 g/mol. The van der Waals surface area contributed by atoms with Crippen molar-refractivity contribution >= 4 is 33.7 Å². The number of hydrogen-bond acceptors (Lipinski definition) is 5. The Hall–Kier alpha value is -4.07. The van der Waals surface area contributed by atoms with Crippen molar-refractivity contribution in [3.63, 3.8) is 0 Å². The van der Waals surface area contributed by atoms with Gasteiger partial charge in [0.25, 0.3) is 5.91 Å². The summed E-state index contributed by atoms with van der Waals surface area (Å²) in [4.78, 5) is 40.5. The van der Waals surface area contributed by atoms with Gasteiger partial charge in [0, 0.05) is 40.5 Å². The summed E-state index contributed by atoms with van der Waals surface area (Å²) in [6.07, 6.45) is 5.88. The second-order valence-corrected chi connectivity index (χ2v) is 9.68. The van der Waals surface area contributed by atoms with Crippen molar-refractivity contribution in [2.45, 2.75) is 71.4 Å². The fourth-order valence-electron chi connectivity index (χ4n) is 4.73. The Labute approximate surface area is 221 Å². The largest absolute Gasteiger partial charge is 0.481 e. The quantitative estimate of drug-likeness (QED) is 0.173. The van der Waals surface area contributed by atoms with Gasteiger partial charge in [-0.15, -0.1) is 0 Å². The second-order valence-electron chi connectivity index (χ2n) is 9.68. The average molecular weight is 519 g/mol. The molecule has 2 atom stereocenters. The SMILES string of the molecule is CCCCCCc1c(C)c2ccc(OC(C)C(=O)NC(Cc3c[nH]c4ccccc34)C(=O)O)cc2oc1=O. The van der Waals surface area contributed by atoms with Crippen LogP contribution in [0.2, 0.25) is 0 Å². The van der Waals surface area contributed by atoms with E-state index in [-0.39, 0.29) is 12.0 Å². The molecule has 4 rings (SSSR count). The molecule has 0 spiro atoms. The summed E-state index contributed by atoms with van der Waals surface area (Å²) < 4.78 is 11.4. The second kappa shape index (κ2) is 12.0. The number of amides is 1. The third-order valence-corrected chi connectivity index (χ3v) is 6.93. The predicted octanol–water partition coefficient (Wildman–Crippen LogP) is 5.28. The Morgan fingerprint density at radius 3 is 2.66 bits per heavy atom. The van der Waals surface area contributed by atoms with Crippen molar-refractivity contribution in [3.05, 3.63) is 75.8 Å². The Kier molecular flexibility index (Phi) is 8.51. The molecule has 0 saturated heterocycles. The van der Waals surface area contributed by atoms with Crippen LogP contribution in [0, 0.1) is 6.92 Å². The topological polar surface area (TPSA) is 122 Å². The number of rotatable bonds is 12. The highest BCUT2D eigenvalue weighted by Crippen LogP contribution is 2.26. The van der Waals surface area contributed by atoms with Crippen LogP contribution in [-0.2, 0) is 22.4 Å². The van der Waals surface area contributed by atoms with E-state index in [1.54, 1.807) is 25.3 Å². The fourth-order valence-corrected chi connectivity index (χ4v) is 4.73. The van der Waals surface area contributed by atoms with Crippen molar-refractivity contribution in [3.8, 4) is 5.75 Å². The summed E-state index contributed by atoms with van der Waals surface area (Å²) in [5.41, 5.74) is 3.33. The molecule has 0 bridgehead atoms. The highest BCUT2D eigenvalue weighted by atomic mass is 16.5. The van der Waals surface area contributed by atoms with Crippen LogP contribution in [0.5, 0.6) is 5.75 Å².